The summed E-state index contributed by atoms with van der Waals surface area (Å²) in [6.07, 6.45) is 5.53. The lowest BCUT2D eigenvalue weighted by atomic mass is 10.3. The summed E-state index contributed by atoms with van der Waals surface area (Å²) in [5.41, 5.74) is 2.17. The van der Waals surface area contributed by atoms with Crippen LogP contribution in [0, 0.1) is 6.92 Å². The maximum absolute atomic E-state index is 4.40. The van der Waals surface area contributed by atoms with Crippen molar-refractivity contribution in [3.63, 3.8) is 0 Å². The third kappa shape index (κ3) is 3.37. The van der Waals surface area contributed by atoms with Crippen molar-refractivity contribution < 1.29 is 0 Å². The van der Waals surface area contributed by atoms with Crippen LogP contribution >= 0.6 is 0 Å². The number of hydrogen-bond donors (Lipinski definition) is 1. The van der Waals surface area contributed by atoms with Gasteiger partial charge in [0, 0.05) is 25.0 Å². The Hall–Kier alpha value is -1.75. The Labute approximate surface area is 107 Å². The van der Waals surface area contributed by atoms with E-state index >= 15 is 0 Å². The predicted molar refractivity (Wildman–Crippen MR) is 70.1 cm³/mol. The van der Waals surface area contributed by atoms with E-state index in [4.69, 9.17) is 0 Å². The molecule has 0 atom stereocenters. The van der Waals surface area contributed by atoms with E-state index < -0.39 is 0 Å². The molecule has 0 unspecified atom stereocenters. The van der Waals surface area contributed by atoms with Crippen LogP contribution < -0.4 is 5.32 Å². The molecule has 2 aromatic rings. The molecule has 5 heteroatoms. The van der Waals surface area contributed by atoms with E-state index in [2.05, 4.69) is 38.7 Å². The van der Waals surface area contributed by atoms with E-state index in [9.17, 15) is 0 Å². The highest BCUT2D eigenvalue weighted by molar-refractivity contribution is 5.06. The minimum atomic E-state index is 0.467. The summed E-state index contributed by atoms with van der Waals surface area (Å²) in [6.45, 7) is 7.72. The molecule has 0 bridgehead atoms. The number of aryl methyl sites for hydroxylation is 1. The van der Waals surface area contributed by atoms with E-state index in [1.807, 2.05) is 25.5 Å². The first-order chi connectivity index (χ1) is 8.65. The molecule has 0 fully saturated rings. The molecule has 0 aliphatic rings. The second kappa shape index (κ2) is 5.73. The van der Waals surface area contributed by atoms with Crippen LogP contribution in [-0.4, -0.2) is 25.6 Å². The second-order valence-electron chi connectivity index (χ2n) is 4.64. The quantitative estimate of drug-likeness (QED) is 0.868. The van der Waals surface area contributed by atoms with Gasteiger partial charge in [0.1, 0.15) is 5.82 Å². The molecule has 0 saturated carbocycles. The van der Waals surface area contributed by atoms with Crippen LogP contribution in [0.1, 0.15) is 31.1 Å². The number of nitrogens with one attached hydrogen (secondary N) is 1. The average molecular weight is 245 g/mol. The van der Waals surface area contributed by atoms with Crippen LogP contribution in [-0.2, 0) is 13.1 Å². The highest BCUT2D eigenvalue weighted by atomic mass is 15.1. The van der Waals surface area contributed by atoms with Gasteiger partial charge in [0.25, 0.3) is 0 Å². The fraction of sp³-hybridized carbons (Fsp3) is 0.462. The summed E-state index contributed by atoms with van der Waals surface area (Å²) in [5.74, 6) is 0.800. The molecule has 0 amide bonds. The fourth-order valence-corrected chi connectivity index (χ4v) is 1.71. The number of aromatic nitrogens is 4. The van der Waals surface area contributed by atoms with Gasteiger partial charge in [0.05, 0.1) is 24.3 Å². The highest BCUT2D eigenvalue weighted by Crippen LogP contribution is 2.04. The zero-order chi connectivity index (χ0) is 13.0. The van der Waals surface area contributed by atoms with Crippen molar-refractivity contribution in [2.24, 2.45) is 0 Å². The maximum Gasteiger partial charge on any atom is 0.125 e. The van der Waals surface area contributed by atoms with Gasteiger partial charge >= 0.3 is 0 Å². The Morgan fingerprint density at radius 3 is 2.94 bits per heavy atom. The molecule has 5 nitrogen and oxygen atoms in total. The lowest BCUT2D eigenvalue weighted by Crippen LogP contribution is -2.23. The summed E-state index contributed by atoms with van der Waals surface area (Å²) < 4.78 is 2.11. The van der Waals surface area contributed by atoms with Crippen molar-refractivity contribution in [1.29, 1.82) is 0 Å². The summed E-state index contributed by atoms with van der Waals surface area (Å²) >= 11 is 0. The Balaban J connectivity index is 2.07. The molecule has 96 valence electrons. The second-order valence-corrected chi connectivity index (χ2v) is 4.64. The van der Waals surface area contributed by atoms with E-state index in [0.717, 1.165) is 24.6 Å². The minimum Gasteiger partial charge on any atom is -0.327 e. The molecular weight excluding hydrogens is 226 g/mol. The van der Waals surface area contributed by atoms with E-state index in [1.165, 1.54) is 5.69 Å². The van der Waals surface area contributed by atoms with Crippen LogP contribution in [0.25, 0.3) is 0 Å². The van der Waals surface area contributed by atoms with Gasteiger partial charge < -0.3 is 9.88 Å². The molecule has 0 aliphatic heterocycles. The smallest absolute Gasteiger partial charge is 0.125 e. The largest absolute Gasteiger partial charge is 0.327 e. The van der Waals surface area contributed by atoms with Gasteiger partial charge in [-0.2, -0.15) is 0 Å². The maximum atomic E-state index is 4.40. The lowest BCUT2D eigenvalue weighted by Gasteiger charge is -2.11. The van der Waals surface area contributed by atoms with Gasteiger partial charge in [-0.1, -0.05) is 13.8 Å². The van der Waals surface area contributed by atoms with Crippen LogP contribution in [0.3, 0.4) is 0 Å². The first-order valence-corrected chi connectivity index (χ1v) is 6.16. The Kier molecular flexibility index (Phi) is 4.04. The number of imidazole rings is 1. The van der Waals surface area contributed by atoms with Gasteiger partial charge in [-0.15, -0.1) is 0 Å². The third-order valence-electron chi connectivity index (χ3n) is 2.66. The first kappa shape index (κ1) is 12.7. The summed E-state index contributed by atoms with van der Waals surface area (Å²) in [7, 11) is 0. The number of rotatable bonds is 5. The Bertz CT molecular complexity index is 504. The van der Waals surface area contributed by atoms with Crippen LogP contribution in [0.5, 0.6) is 0 Å². The van der Waals surface area contributed by atoms with Crippen LogP contribution in [0.15, 0.2) is 24.8 Å². The predicted octanol–water partition coefficient (Wildman–Crippen LogP) is 1.53. The summed E-state index contributed by atoms with van der Waals surface area (Å²) in [4.78, 5) is 12.7. The molecule has 0 saturated heterocycles. The Morgan fingerprint density at radius 2 is 2.22 bits per heavy atom. The van der Waals surface area contributed by atoms with E-state index in [0.29, 0.717) is 6.04 Å². The third-order valence-corrected chi connectivity index (χ3v) is 2.66. The molecule has 0 aromatic carbocycles. The van der Waals surface area contributed by atoms with Gasteiger partial charge in [0.2, 0.25) is 0 Å². The summed E-state index contributed by atoms with van der Waals surface area (Å²) in [6, 6.07) is 2.40. The normalized spacial score (nSPS) is 11.1. The van der Waals surface area contributed by atoms with Crippen molar-refractivity contribution in [1.82, 2.24) is 24.8 Å². The molecule has 18 heavy (non-hydrogen) atoms. The molecular formula is C13H19N5. The fourth-order valence-electron chi connectivity index (χ4n) is 1.71. The van der Waals surface area contributed by atoms with E-state index in [-0.39, 0.29) is 0 Å². The topological polar surface area (TPSA) is 55.6 Å². The standard InChI is InChI=1S/C13H19N5/c1-10(2)16-7-13-6-14-9-18(13)8-12-4-5-15-11(3)17-12/h4-6,9-10,16H,7-8H2,1-3H3. The number of hydrogen-bond acceptors (Lipinski definition) is 4. The van der Waals surface area contributed by atoms with Crippen molar-refractivity contribution in [2.45, 2.75) is 39.9 Å². The van der Waals surface area contributed by atoms with E-state index in [1.54, 1.807) is 6.20 Å². The van der Waals surface area contributed by atoms with Gasteiger partial charge in [-0.05, 0) is 13.0 Å². The van der Waals surface area contributed by atoms with Gasteiger partial charge in [0.15, 0.2) is 0 Å². The van der Waals surface area contributed by atoms with Crippen molar-refractivity contribution in [2.75, 3.05) is 0 Å². The van der Waals surface area contributed by atoms with Gasteiger partial charge in [-0.25, -0.2) is 15.0 Å². The molecule has 0 spiro atoms. The molecule has 2 aromatic heterocycles. The Morgan fingerprint density at radius 1 is 1.39 bits per heavy atom. The zero-order valence-electron chi connectivity index (χ0n) is 11.1. The molecule has 0 aliphatic carbocycles. The zero-order valence-corrected chi connectivity index (χ0v) is 11.1. The highest BCUT2D eigenvalue weighted by Gasteiger charge is 2.04. The molecule has 0 radical (unpaired) electrons. The van der Waals surface area contributed by atoms with Crippen LogP contribution in [0.4, 0.5) is 0 Å². The molecule has 2 heterocycles. The van der Waals surface area contributed by atoms with Crippen molar-refractivity contribution in [3.8, 4) is 0 Å². The SMILES string of the molecule is Cc1nccc(Cn2cncc2CNC(C)C)n1. The monoisotopic (exact) mass is 245 g/mol. The van der Waals surface area contributed by atoms with Crippen LogP contribution in [0.2, 0.25) is 0 Å². The molecule has 2 rings (SSSR count). The minimum absolute atomic E-state index is 0.467. The average Bonchev–Trinajstić information content (AvgIpc) is 2.74. The number of nitrogens with zero attached hydrogens (tertiary/aromatic N) is 4. The molecule has 1 N–H and O–H groups in total. The van der Waals surface area contributed by atoms with Gasteiger partial charge in [-0.3, -0.25) is 0 Å². The van der Waals surface area contributed by atoms with Crippen molar-refractivity contribution >= 4 is 0 Å². The lowest BCUT2D eigenvalue weighted by molar-refractivity contribution is 0.563. The summed E-state index contributed by atoms with van der Waals surface area (Å²) in [5, 5.41) is 3.39. The first-order valence-electron chi connectivity index (χ1n) is 6.16. The van der Waals surface area contributed by atoms with Crippen molar-refractivity contribution in [3.05, 3.63) is 42.0 Å².